The number of rotatable bonds is 6. The Labute approximate surface area is 104 Å². The van der Waals surface area contributed by atoms with Crippen molar-refractivity contribution in [3.05, 3.63) is 34.9 Å². The largest absolute Gasteiger partial charge is 0.312 e. The Hall–Kier alpha value is -0.870. The molecule has 0 aliphatic rings. The number of hydrogen-bond acceptors (Lipinski definition) is 3. The van der Waals surface area contributed by atoms with E-state index in [0.717, 1.165) is 6.54 Å². The van der Waals surface area contributed by atoms with Gasteiger partial charge in [-0.25, -0.2) is 8.42 Å². The maximum atomic E-state index is 11.3. The molecule has 0 saturated carbocycles. The molecule has 1 N–H and O–H groups in total. The van der Waals surface area contributed by atoms with Crippen molar-refractivity contribution in [2.45, 2.75) is 27.3 Å². The molecule has 1 aromatic rings. The molecule has 3 nitrogen and oxygen atoms in total. The number of aryl methyl sites for hydroxylation is 2. The fourth-order valence-corrected chi connectivity index (χ4v) is 2.46. The third kappa shape index (κ3) is 4.48. The molecule has 1 aromatic carbocycles. The molecule has 0 unspecified atom stereocenters. The van der Waals surface area contributed by atoms with E-state index >= 15 is 0 Å². The summed E-state index contributed by atoms with van der Waals surface area (Å²) in [6, 6.07) is 6.19. The van der Waals surface area contributed by atoms with Gasteiger partial charge in [-0.05, 0) is 30.5 Å². The molecule has 0 fully saturated rings. The normalized spacial score (nSPS) is 11.7. The quantitative estimate of drug-likeness (QED) is 0.789. The molecule has 0 bridgehead atoms. The highest BCUT2D eigenvalue weighted by molar-refractivity contribution is 7.91. The van der Waals surface area contributed by atoms with E-state index in [-0.39, 0.29) is 11.5 Å². The molecule has 96 valence electrons. The summed E-state index contributed by atoms with van der Waals surface area (Å²) in [7, 11) is -2.86. The average molecular weight is 255 g/mol. The van der Waals surface area contributed by atoms with Gasteiger partial charge in [-0.3, -0.25) is 0 Å². The van der Waals surface area contributed by atoms with Crippen molar-refractivity contribution in [1.82, 2.24) is 5.32 Å². The Morgan fingerprint density at radius 2 is 1.76 bits per heavy atom. The zero-order valence-corrected chi connectivity index (χ0v) is 11.6. The highest BCUT2D eigenvalue weighted by Crippen LogP contribution is 2.12. The van der Waals surface area contributed by atoms with Gasteiger partial charge in [0.25, 0.3) is 0 Å². The highest BCUT2D eigenvalue weighted by Gasteiger charge is 2.07. The van der Waals surface area contributed by atoms with Crippen LogP contribution in [0.5, 0.6) is 0 Å². The van der Waals surface area contributed by atoms with Crippen molar-refractivity contribution in [1.29, 1.82) is 0 Å². The zero-order chi connectivity index (χ0) is 12.9. The Morgan fingerprint density at radius 1 is 1.18 bits per heavy atom. The second kappa shape index (κ2) is 6.17. The van der Waals surface area contributed by atoms with Crippen molar-refractivity contribution in [3.8, 4) is 0 Å². The van der Waals surface area contributed by atoms with Gasteiger partial charge in [-0.2, -0.15) is 0 Å². The summed E-state index contributed by atoms with van der Waals surface area (Å²) in [5, 5.41) is 3.19. The van der Waals surface area contributed by atoms with Crippen molar-refractivity contribution in [3.63, 3.8) is 0 Å². The van der Waals surface area contributed by atoms with Crippen LogP contribution in [0.2, 0.25) is 0 Å². The van der Waals surface area contributed by atoms with E-state index < -0.39 is 9.84 Å². The standard InChI is InChI=1S/C13H21NO2S/c1-4-17(15,16)9-8-14-10-13-11(2)6-5-7-12(13)3/h5-7,14H,4,8-10H2,1-3H3. The summed E-state index contributed by atoms with van der Waals surface area (Å²) < 4.78 is 22.6. The molecule has 0 radical (unpaired) electrons. The van der Waals surface area contributed by atoms with Crippen molar-refractivity contribution >= 4 is 9.84 Å². The first-order chi connectivity index (χ1) is 7.96. The van der Waals surface area contributed by atoms with E-state index in [0.29, 0.717) is 6.54 Å². The number of hydrogen-bond donors (Lipinski definition) is 1. The molecule has 17 heavy (non-hydrogen) atoms. The van der Waals surface area contributed by atoms with Crippen molar-refractivity contribution in [2.24, 2.45) is 0 Å². The van der Waals surface area contributed by atoms with Crippen LogP contribution in [0.25, 0.3) is 0 Å². The predicted octanol–water partition coefficient (Wildman–Crippen LogP) is 1.83. The minimum Gasteiger partial charge on any atom is -0.312 e. The van der Waals surface area contributed by atoms with Gasteiger partial charge < -0.3 is 5.32 Å². The van der Waals surface area contributed by atoms with Crippen LogP contribution in [0.15, 0.2) is 18.2 Å². The van der Waals surface area contributed by atoms with E-state index in [9.17, 15) is 8.42 Å². The van der Waals surface area contributed by atoms with E-state index in [1.54, 1.807) is 6.92 Å². The molecule has 0 saturated heterocycles. The summed E-state index contributed by atoms with van der Waals surface area (Å²) in [4.78, 5) is 0. The van der Waals surface area contributed by atoms with Crippen LogP contribution in [0.1, 0.15) is 23.6 Å². The fourth-order valence-electron chi connectivity index (χ4n) is 1.71. The van der Waals surface area contributed by atoms with Gasteiger partial charge in [0, 0.05) is 18.8 Å². The lowest BCUT2D eigenvalue weighted by Gasteiger charge is -2.10. The average Bonchev–Trinajstić information content (AvgIpc) is 2.27. The van der Waals surface area contributed by atoms with Crippen molar-refractivity contribution in [2.75, 3.05) is 18.1 Å². The lowest BCUT2D eigenvalue weighted by molar-refractivity contribution is 0.591. The van der Waals surface area contributed by atoms with Crippen LogP contribution in [-0.2, 0) is 16.4 Å². The summed E-state index contributed by atoms with van der Waals surface area (Å²) in [6.45, 7) is 7.09. The summed E-state index contributed by atoms with van der Waals surface area (Å²) >= 11 is 0. The molecule has 0 atom stereocenters. The maximum Gasteiger partial charge on any atom is 0.151 e. The summed E-state index contributed by atoms with van der Waals surface area (Å²) in [5.41, 5.74) is 3.76. The Kier molecular flexibility index (Phi) is 5.15. The van der Waals surface area contributed by atoms with Crippen molar-refractivity contribution < 1.29 is 8.42 Å². The minimum absolute atomic E-state index is 0.217. The summed E-state index contributed by atoms with van der Waals surface area (Å²) in [5.74, 6) is 0.437. The predicted molar refractivity (Wildman–Crippen MR) is 72.0 cm³/mol. The van der Waals surface area contributed by atoms with Crippen LogP contribution >= 0.6 is 0 Å². The van der Waals surface area contributed by atoms with E-state index in [4.69, 9.17) is 0 Å². The van der Waals surface area contributed by atoms with E-state index in [2.05, 4.69) is 31.3 Å². The molecule has 4 heteroatoms. The number of benzene rings is 1. The van der Waals surface area contributed by atoms with Gasteiger partial charge in [0.05, 0.1) is 5.75 Å². The first-order valence-corrected chi connectivity index (χ1v) is 7.74. The lowest BCUT2D eigenvalue weighted by Crippen LogP contribution is -2.24. The molecular weight excluding hydrogens is 234 g/mol. The molecule has 0 spiro atoms. The molecule has 0 aliphatic carbocycles. The lowest BCUT2D eigenvalue weighted by atomic mass is 10.0. The third-order valence-electron chi connectivity index (χ3n) is 2.98. The van der Waals surface area contributed by atoms with Gasteiger partial charge in [-0.1, -0.05) is 25.1 Å². The van der Waals surface area contributed by atoms with Crippen LogP contribution in [0.3, 0.4) is 0 Å². The van der Waals surface area contributed by atoms with Crippen LogP contribution < -0.4 is 5.32 Å². The first-order valence-electron chi connectivity index (χ1n) is 5.92. The Bertz CT molecular complexity index is 446. The topological polar surface area (TPSA) is 46.2 Å². The molecule has 0 aromatic heterocycles. The maximum absolute atomic E-state index is 11.3. The fraction of sp³-hybridized carbons (Fsp3) is 0.538. The van der Waals surface area contributed by atoms with E-state index in [1.165, 1.54) is 16.7 Å². The number of nitrogens with one attached hydrogen (secondary N) is 1. The second-order valence-corrected chi connectivity index (χ2v) is 6.76. The van der Waals surface area contributed by atoms with Gasteiger partial charge in [0.1, 0.15) is 0 Å². The van der Waals surface area contributed by atoms with E-state index in [1.807, 2.05) is 6.07 Å². The van der Waals surface area contributed by atoms with Crippen LogP contribution in [-0.4, -0.2) is 26.5 Å². The molecule has 0 aliphatic heterocycles. The molecule has 1 rings (SSSR count). The smallest absolute Gasteiger partial charge is 0.151 e. The van der Waals surface area contributed by atoms with Gasteiger partial charge in [-0.15, -0.1) is 0 Å². The van der Waals surface area contributed by atoms with Gasteiger partial charge >= 0.3 is 0 Å². The summed E-state index contributed by atoms with van der Waals surface area (Å²) in [6.07, 6.45) is 0. The molecular formula is C13H21NO2S. The van der Waals surface area contributed by atoms with Gasteiger partial charge in [0.2, 0.25) is 0 Å². The Morgan fingerprint density at radius 3 is 2.29 bits per heavy atom. The second-order valence-electron chi connectivity index (χ2n) is 4.28. The molecule has 0 amide bonds. The molecule has 0 heterocycles. The third-order valence-corrected chi connectivity index (χ3v) is 4.68. The highest BCUT2D eigenvalue weighted by atomic mass is 32.2. The van der Waals surface area contributed by atoms with Crippen LogP contribution in [0, 0.1) is 13.8 Å². The number of sulfone groups is 1. The SMILES string of the molecule is CCS(=O)(=O)CCNCc1c(C)cccc1C. The van der Waals surface area contributed by atoms with Crippen LogP contribution in [0.4, 0.5) is 0 Å². The monoisotopic (exact) mass is 255 g/mol. The zero-order valence-electron chi connectivity index (χ0n) is 10.8. The minimum atomic E-state index is -2.86. The van der Waals surface area contributed by atoms with Gasteiger partial charge in [0.15, 0.2) is 9.84 Å². The Balaban J connectivity index is 2.47. The first kappa shape index (κ1) is 14.2.